The smallest absolute Gasteiger partial charge is 0.399 e. The molecule has 2 rings (SSSR count). The lowest BCUT2D eigenvalue weighted by Gasteiger charge is -2.07. The molecule has 0 spiro atoms. The average molecular weight is 360 g/mol. The molecule has 2 aromatic rings. The Balaban J connectivity index is 2.07. The Labute approximate surface area is 138 Å². The van der Waals surface area contributed by atoms with Gasteiger partial charge in [-0.15, -0.1) is 5.10 Å². The molecule has 0 atom stereocenters. The minimum Gasteiger partial charge on any atom is -0.399 e. The van der Waals surface area contributed by atoms with Crippen molar-refractivity contribution in [3.63, 3.8) is 0 Å². The van der Waals surface area contributed by atoms with Crippen LogP contribution in [-0.2, 0) is 0 Å². The molecular weight excluding hydrogens is 349 g/mol. The van der Waals surface area contributed by atoms with E-state index >= 15 is 0 Å². The normalized spacial score (nSPS) is 11.2. The fourth-order valence-electron chi connectivity index (χ4n) is 1.61. The lowest BCUT2D eigenvalue weighted by molar-refractivity contribution is -0.0328. The molecular formula is C13H11F3N4O3S. The van der Waals surface area contributed by atoms with Gasteiger partial charge in [0.05, 0.1) is 0 Å². The van der Waals surface area contributed by atoms with Gasteiger partial charge in [-0.2, -0.15) is 13.2 Å². The number of nitrogens with zero attached hydrogens (tertiary/aromatic N) is 2. The maximum atomic E-state index is 12.4. The number of anilines is 1. The van der Waals surface area contributed by atoms with Crippen molar-refractivity contribution in [1.82, 2.24) is 15.5 Å². The second kappa shape index (κ2) is 7.34. The van der Waals surface area contributed by atoms with Crippen LogP contribution in [0.2, 0.25) is 0 Å². The summed E-state index contributed by atoms with van der Waals surface area (Å²) in [5.41, 5.74) is -4.48. The van der Waals surface area contributed by atoms with Crippen LogP contribution in [0.3, 0.4) is 0 Å². The lowest BCUT2D eigenvalue weighted by atomic mass is 10.2. The third-order valence-electron chi connectivity index (χ3n) is 2.51. The van der Waals surface area contributed by atoms with Crippen molar-refractivity contribution in [2.75, 3.05) is 11.9 Å². The van der Waals surface area contributed by atoms with E-state index in [2.05, 4.69) is 20.8 Å². The highest BCUT2D eigenvalue weighted by molar-refractivity contribution is 8.00. The zero-order valence-electron chi connectivity index (χ0n) is 12.2. The highest BCUT2D eigenvalue weighted by Gasteiger charge is 2.29. The number of aromatic nitrogens is 2. The van der Waals surface area contributed by atoms with E-state index in [0.717, 1.165) is 6.07 Å². The molecule has 11 heteroatoms. The number of thioether (sulfide) groups is 1. The molecule has 0 radical (unpaired) electrons. The van der Waals surface area contributed by atoms with Gasteiger partial charge >= 0.3 is 23.3 Å². The number of hydrogen-bond acceptors (Lipinski definition) is 6. The summed E-state index contributed by atoms with van der Waals surface area (Å²) in [6.07, 6.45) is 0. The molecule has 2 amide bonds. The average Bonchev–Trinajstić information content (AvgIpc) is 2.94. The second-order valence-electron chi connectivity index (χ2n) is 4.30. The molecule has 2 N–H and O–H groups in total. The Bertz CT molecular complexity index is 748. The molecule has 0 aliphatic rings. The topological polar surface area (TPSA) is 97.1 Å². The summed E-state index contributed by atoms with van der Waals surface area (Å²) < 4.78 is 42.0. The van der Waals surface area contributed by atoms with E-state index < -0.39 is 17.3 Å². The molecule has 1 aromatic carbocycles. The first kappa shape index (κ1) is 17.8. The summed E-state index contributed by atoms with van der Waals surface area (Å²) >= 11 is -0.332. The fourth-order valence-corrected chi connectivity index (χ4v) is 2.21. The molecule has 7 nitrogen and oxygen atoms in total. The first-order chi connectivity index (χ1) is 11.3. The number of carbonyl (C=O) groups excluding carboxylic acids is 2. The number of halogens is 3. The summed E-state index contributed by atoms with van der Waals surface area (Å²) in [6, 6.07) is 4.62. The van der Waals surface area contributed by atoms with Gasteiger partial charge in [-0.1, -0.05) is 11.2 Å². The minimum absolute atomic E-state index is 0.0259. The van der Waals surface area contributed by atoms with E-state index in [0.29, 0.717) is 6.54 Å². The minimum atomic E-state index is -4.46. The molecule has 128 valence electrons. The van der Waals surface area contributed by atoms with E-state index in [1.807, 2.05) is 0 Å². The highest BCUT2D eigenvalue weighted by atomic mass is 32.2. The number of hydrogen-bond donors (Lipinski definition) is 2. The van der Waals surface area contributed by atoms with Crippen molar-refractivity contribution in [2.24, 2.45) is 0 Å². The molecule has 24 heavy (non-hydrogen) atoms. The first-order valence-electron chi connectivity index (χ1n) is 6.57. The van der Waals surface area contributed by atoms with Gasteiger partial charge in [0.1, 0.15) is 0 Å². The second-order valence-corrected chi connectivity index (χ2v) is 5.44. The van der Waals surface area contributed by atoms with Crippen molar-refractivity contribution in [3.8, 4) is 0 Å². The van der Waals surface area contributed by atoms with Crippen LogP contribution in [0.4, 0.5) is 19.2 Å². The molecule has 0 aliphatic carbocycles. The SMILES string of the molecule is CCNC(=O)c1nnc(NC(=O)c2cccc(SC(F)(F)F)c2)o1. The monoisotopic (exact) mass is 360 g/mol. The van der Waals surface area contributed by atoms with Gasteiger partial charge in [0.2, 0.25) is 0 Å². The van der Waals surface area contributed by atoms with Crippen LogP contribution in [0, 0.1) is 0 Å². The van der Waals surface area contributed by atoms with E-state index in [4.69, 9.17) is 4.42 Å². The standard InChI is InChI=1S/C13H11F3N4O3S/c1-2-17-10(22)11-19-20-12(23-11)18-9(21)7-4-3-5-8(6-7)24-13(14,15)16/h3-6H,2H2,1H3,(H,17,22)(H,18,20,21). The van der Waals surface area contributed by atoms with E-state index in [1.165, 1.54) is 18.2 Å². The third kappa shape index (κ3) is 4.98. The quantitative estimate of drug-likeness (QED) is 0.796. The van der Waals surface area contributed by atoms with E-state index in [1.54, 1.807) is 6.92 Å². The maximum absolute atomic E-state index is 12.4. The Morgan fingerprint density at radius 2 is 2.00 bits per heavy atom. The summed E-state index contributed by atoms with van der Waals surface area (Å²) in [5.74, 6) is -1.69. The van der Waals surface area contributed by atoms with E-state index in [9.17, 15) is 22.8 Å². The Morgan fingerprint density at radius 3 is 2.67 bits per heavy atom. The van der Waals surface area contributed by atoms with Crippen LogP contribution in [0.25, 0.3) is 0 Å². The predicted octanol–water partition coefficient (Wildman–Crippen LogP) is 2.68. The number of rotatable bonds is 5. The number of amides is 2. The molecule has 0 unspecified atom stereocenters. The highest BCUT2D eigenvalue weighted by Crippen LogP contribution is 2.36. The summed E-state index contributed by atoms with van der Waals surface area (Å²) in [7, 11) is 0. The van der Waals surface area contributed by atoms with Gasteiger partial charge < -0.3 is 9.73 Å². The van der Waals surface area contributed by atoms with E-state index in [-0.39, 0.29) is 34.1 Å². The number of carbonyl (C=O) groups is 2. The molecule has 0 fully saturated rings. The Morgan fingerprint density at radius 1 is 1.25 bits per heavy atom. The van der Waals surface area contributed by atoms with Crippen molar-refractivity contribution < 1.29 is 27.2 Å². The molecule has 0 saturated heterocycles. The number of benzene rings is 1. The zero-order valence-corrected chi connectivity index (χ0v) is 13.0. The lowest BCUT2D eigenvalue weighted by Crippen LogP contribution is -2.22. The molecule has 1 aromatic heterocycles. The largest absolute Gasteiger partial charge is 0.446 e. The van der Waals surface area contributed by atoms with Crippen molar-refractivity contribution in [3.05, 3.63) is 35.7 Å². The fraction of sp³-hybridized carbons (Fsp3) is 0.231. The van der Waals surface area contributed by atoms with Crippen LogP contribution in [-0.4, -0.2) is 34.1 Å². The van der Waals surface area contributed by atoms with Crippen molar-refractivity contribution >= 4 is 29.6 Å². The summed E-state index contributed by atoms with van der Waals surface area (Å²) in [4.78, 5) is 23.3. The van der Waals surface area contributed by atoms with Gasteiger partial charge in [-0.25, -0.2) is 0 Å². The number of alkyl halides is 3. The van der Waals surface area contributed by atoms with Crippen molar-refractivity contribution in [2.45, 2.75) is 17.3 Å². The number of nitrogens with one attached hydrogen (secondary N) is 2. The Hall–Kier alpha value is -2.56. The van der Waals surface area contributed by atoms with Gasteiger partial charge in [0.25, 0.3) is 5.91 Å². The van der Waals surface area contributed by atoms with Crippen molar-refractivity contribution in [1.29, 1.82) is 0 Å². The predicted molar refractivity (Wildman–Crippen MR) is 78.6 cm³/mol. The van der Waals surface area contributed by atoms with Crippen LogP contribution < -0.4 is 10.6 Å². The molecule has 0 saturated carbocycles. The van der Waals surface area contributed by atoms with Crippen LogP contribution in [0.5, 0.6) is 0 Å². The molecule has 0 aliphatic heterocycles. The zero-order chi connectivity index (χ0) is 17.7. The van der Waals surface area contributed by atoms with Gasteiger partial charge in [-0.05, 0) is 36.9 Å². The molecule has 1 heterocycles. The van der Waals surface area contributed by atoms with Crippen LogP contribution >= 0.6 is 11.8 Å². The maximum Gasteiger partial charge on any atom is 0.446 e. The van der Waals surface area contributed by atoms with Crippen LogP contribution in [0.1, 0.15) is 28.0 Å². The first-order valence-corrected chi connectivity index (χ1v) is 7.39. The Kier molecular flexibility index (Phi) is 5.44. The summed E-state index contributed by atoms with van der Waals surface area (Å²) in [5, 5.41) is 11.6. The van der Waals surface area contributed by atoms with Gasteiger partial charge in [0.15, 0.2) is 0 Å². The molecule has 0 bridgehead atoms. The third-order valence-corrected chi connectivity index (χ3v) is 3.23. The summed E-state index contributed by atoms with van der Waals surface area (Å²) in [6.45, 7) is 2.05. The van der Waals surface area contributed by atoms with Gasteiger partial charge in [0, 0.05) is 17.0 Å². The van der Waals surface area contributed by atoms with Crippen LogP contribution in [0.15, 0.2) is 33.6 Å². The van der Waals surface area contributed by atoms with Gasteiger partial charge in [-0.3, -0.25) is 14.9 Å².